The molecule has 3 heteroatoms. The van der Waals surface area contributed by atoms with Crippen molar-refractivity contribution < 1.29 is 9.90 Å². The Kier molecular flexibility index (Phi) is 3.91. The molecule has 1 aliphatic rings. The van der Waals surface area contributed by atoms with Crippen molar-refractivity contribution in [3.05, 3.63) is 54.1 Å². The van der Waals surface area contributed by atoms with Crippen molar-refractivity contribution in [1.82, 2.24) is 0 Å². The monoisotopic (exact) mass is 281 g/mol. The molecule has 0 bridgehead atoms. The van der Waals surface area contributed by atoms with E-state index in [1.807, 2.05) is 30.3 Å². The van der Waals surface area contributed by atoms with E-state index in [9.17, 15) is 9.90 Å². The number of carboxylic acids is 1. The number of rotatable bonds is 3. The third-order valence-electron chi connectivity index (χ3n) is 4.03. The maximum Gasteiger partial charge on any atom is 0.337 e. The van der Waals surface area contributed by atoms with Gasteiger partial charge in [-0.25, -0.2) is 4.79 Å². The lowest BCUT2D eigenvalue weighted by molar-refractivity contribution is 0.0697. The fourth-order valence-corrected chi connectivity index (χ4v) is 2.92. The Morgan fingerprint density at radius 2 is 1.62 bits per heavy atom. The van der Waals surface area contributed by atoms with Crippen molar-refractivity contribution >= 4 is 11.7 Å². The summed E-state index contributed by atoms with van der Waals surface area (Å²) >= 11 is 0. The molecular weight excluding hydrogens is 262 g/mol. The summed E-state index contributed by atoms with van der Waals surface area (Å²) in [5, 5.41) is 9.43. The average molecular weight is 281 g/mol. The van der Waals surface area contributed by atoms with Crippen molar-refractivity contribution in [2.45, 2.75) is 19.3 Å². The van der Waals surface area contributed by atoms with E-state index in [-0.39, 0.29) is 0 Å². The molecule has 0 amide bonds. The van der Waals surface area contributed by atoms with Crippen LogP contribution in [-0.4, -0.2) is 24.2 Å². The summed E-state index contributed by atoms with van der Waals surface area (Å²) in [6.07, 6.45) is 3.50. The number of nitrogens with zero attached hydrogens (tertiary/aromatic N) is 1. The molecule has 21 heavy (non-hydrogen) atoms. The van der Waals surface area contributed by atoms with Gasteiger partial charge in [-0.1, -0.05) is 36.4 Å². The van der Waals surface area contributed by atoms with Crippen LogP contribution in [0.15, 0.2) is 48.5 Å². The number of hydrogen-bond acceptors (Lipinski definition) is 2. The minimum Gasteiger partial charge on any atom is -0.478 e. The van der Waals surface area contributed by atoms with Gasteiger partial charge in [0, 0.05) is 13.1 Å². The van der Waals surface area contributed by atoms with Crippen LogP contribution < -0.4 is 4.90 Å². The Hall–Kier alpha value is -2.29. The molecule has 2 aromatic rings. The first-order valence-electron chi connectivity index (χ1n) is 7.43. The molecule has 0 aliphatic carbocycles. The van der Waals surface area contributed by atoms with Crippen molar-refractivity contribution in [2.24, 2.45) is 0 Å². The van der Waals surface area contributed by atoms with Crippen LogP contribution in [0.5, 0.6) is 0 Å². The molecule has 0 radical (unpaired) electrons. The van der Waals surface area contributed by atoms with Crippen molar-refractivity contribution in [3.63, 3.8) is 0 Å². The van der Waals surface area contributed by atoms with E-state index in [2.05, 4.69) is 17.0 Å². The van der Waals surface area contributed by atoms with Crippen molar-refractivity contribution in [3.8, 4) is 11.1 Å². The van der Waals surface area contributed by atoms with E-state index in [0.29, 0.717) is 5.56 Å². The van der Waals surface area contributed by atoms with E-state index < -0.39 is 5.97 Å². The average Bonchev–Trinajstić information content (AvgIpc) is 2.56. The minimum atomic E-state index is -0.852. The Bertz CT molecular complexity index is 631. The second-order valence-electron chi connectivity index (χ2n) is 5.45. The summed E-state index contributed by atoms with van der Waals surface area (Å²) in [6.45, 7) is 1.89. The Labute approximate surface area is 124 Å². The highest BCUT2D eigenvalue weighted by Gasteiger charge is 2.18. The summed E-state index contributed by atoms with van der Waals surface area (Å²) in [4.78, 5) is 13.7. The quantitative estimate of drug-likeness (QED) is 0.923. The number of hydrogen-bond donors (Lipinski definition) is 1. The maximum atomic E-state index is 11.5. The van der Waals surface area contributed by atoms with E-state index in [4.69, 9.17) is 0 Å². The van der Waals surface area contributed by atoms with Gasteiger partial charge in [-0.15, -0.1) is 0 Å². The van der Waals surface area contributed by atoms with Crippen LogP contribution in [0.3, 0.4) is 0 Å². The second kappa shape index (κ2) is 6.00. The first-order valence-corrected chi connectivity index (χ1v) is 7.43. The molecule has 1 aliphatic heterocycles. The van der Waals surface area contributed by atoms with Gasteiger partial charge in [-0.2, -0.15) is 0 Å². The van der Waals surface area contributed by atoms with Crippen LogP contribution in [0.4, 0.5) is 5.69 Å². The molecule has 1 N–H and O–H groups in total. The zero-order chi connectivity index (χ0) is 14.7. The van der Waals surface area contributed by atoms with Crippen LogP contribution in [0.2, 0.25) is 0 Å². The van der Waals surface area contributed by atoms with E-state index in [1.54, 1.807) is 6.07 Å². The zero-order valence-corrected chi connectivity index (χ0v) is 12.0. The van der Waals surface area contributed by atoms with E-state index in [1.165, 1.54) is 6.42 Å². The second-order valence-corrected chi connectivity index (χ2v) is 5.45. The predicted molar refractivity (Wildman–Crippen MR) is 84.9 cm³/mol. The first-order chi connectivity index (χ1) is 10.3. The normalized spacial score (nSPS) is 15.0. The van der Waals surface area contributed by atoms with Gasteiger partial charge < -0.3 is 10.0 Å². The summed E-state index contributed by atoms with van der Waals surface area (Å²) in [6, 6.07) is 15.7. The number of carbonyl (C=O) groups is 1. The van der Waals surface area contributed by atoms with Crippen LogP contribution in [0.25, 0.3) is 11.1 Å². The van der Waals surface area contributed by atoms with E-state index >= 15 is 0 Å². The van der Waals surface area contributed by atoms with Crippen LogP contribution >= 0.6 is 0 Å². The Morgan fingerprint density at radius 3 is 2.29 bits per heavy atom. The van der Waals surface area contributed by atoms with Gasteiger partial charge in [0.15, 0.2) is 0 Å². The number of aromatic carboxylic acids is 1. The van der Waals surface area contributed by atoms with Gasteiger partial charge in [-0.3, -0.25) is 0 Å². The Morgan fingerprint density at radius 1 is 0.905 bits per heavy atom. The third kappa shape index (κ3) is 2.92. The van der Waals surface area contributed by atoms with Gasteiger partial charge in [0.2, 0.25) is 0 Å². The Balaban J connectivity index is 2.03. The summed E-state index contributed by atoms with van der Waals surface area (Å²) in [7, 11) is 0. The SMILES string of the molecule is O=C(O)c1ccc(-c2ccccc2)cc1N1CCCCC1. The molecule has 0 atom stereocenters. The van der Waals surface area contributed by atoms with Crippen LogP contribution in [0.1, 0.15) is 29.6 Å². The molecule has 1 saturated heterocycles. The summed E-state index contributed by atoms with van der Waals surface area (Å²) in [5.41, 5.74) is 3.44. The minimum absolute atomic E-state index is 0.400. The molecule has 3 nitrogen and oxygen atoms in total. The molecule has 0 unspecified atom stereocenters. The zero-order valence-electron chi connectivity index (χ0n) is 12.0. The summed E-state index contributed by atoms with van der Waals surface area (Å²) < 4.78 is 0. The maximum absolute atomic E-state index is 11.5. The van der Waals surface area contributed by atoms with Crippen molar-refractivity contribution in [1.29, 1.82) is 0 Å². The molecule has 0 saturated carbocycles. The molecule has 0 spiro atoms. The highest BCUT2D eigenvalue weighted by molar-refractivity contribution is 5.95. The fraction of sp³-hybridized carbons (Fsp3) is 0.278. The number of carboxylic acid groups (broad SMARTS) is 1. The number of piperidine rings is 1. The lowest BCUT2D eigenvalue weighted by Gasteiger charge is -2.30. The van der Waals surface area contributed by atoms with Gasteiger partial charge in [0.1, 0.15) is 0 Å². The molecule has 1 heterocycles. The molecule has 3 rings (SSSR count). The topological polar surface area (TPSA) is 40.5 Å². The molecule has 0 aromatic heterocycles. The number of benzene rings is 2. The summed E-state index contributed by atoms with van der Waals surface area (Å²) in [5.74, 6) is -0.852. The largest absolute Gasteiger partial charge is 0.478 e. The van der Waals surface area contributed by atoms with Gasteiger partial charge in [0.25, 0.3) is 0 Å². The lowest BCUT2D eigenvalue weighted by Crippen LogP contribution is -2.30. The van der Waals surface area contributed by atoms with Crippen LogP contribution in [-0.2, 0) is 0 Å². The van der Waals surface area contributed by atoms with Crippen molar-refractivity contribution in [2.75, 3.05) is 18.0 Å². The van der Waals surface area contributed by atoms with Gasteiger partial charge in [0.05, 0.1) is 11.3 Å². The highest BCUT2D eigenvalue weighted by Crippen LogP contribution is 2.30. The predicted octanol–water partition coefficient (Wildman–Crippen LogP) is 4.04. The standard InChI is InChI=1S/C18H19NO2/c20-18(21)16-10-9-15(14-7-3-1-4-8-14)13-17(16)19-11-5-2-6-12-19/h1,3-4,7-10,13H,2,5-6,11-12H2,(H,20,21). The van der Waals surface area contributed by atoms with Gasteiger partial charge in [-0.05, 0) is 42.5 Å². The van der Waals surface area contributed by atoms with E-state index in [0.717, 1.165) is 42.7 Å². The van der Waals surface area contributed by atoms with Crippen LogP contribution in [0, 0.1) is 0 Å². The molecule has 2 aromatic carbocycles. The fourth-order valence-electron chi connectivity index (χ4n) is 2.92. The van der Waals surface area contributed by atoms with Gasteiger partial charge >= 0.3 is 5.97 Å². The highest BCUT2D eigenvalue weighted by atomic mass is 16.4. The third-order valence-corrected chi connectivity index (χ3v) is 4.03. The first kappa shape index (κ1) is 13.7. The molecule has 108 valence electrons. The lowest BCUT2D eigenvalue weighted by atomic mass is 10.0. The molecule has 1 fully saturated rings. The smallest absolute Gasteiger partial charge is 0.337 e. The number of anilines is 1. The molecular formula is C18H19NO2.